The molecule has 1 N–H and O–H groups in total. The van der Waals surface area contributed by atoms with Crippen LogP contribution < -0.4 is 5.32 Å². The second-order valence-corrected chi connectivity index (χ2v) is 4.65. The van der Waals surface area contributed by atoms with E-state index in [4.69, 9.17) is 0 Å². The van der Waals surface area contributed by atoms with Gasteiger partial charge in [-0.2, -0.15) is 0 Å². The molecule has 1 saturated carbocycles. The van der Waals surface area contributed by atoms with Gasteiger partial charge in [-0.1, -0.05) is 13.8 Å². The number of nitrogens with zero attached hydrogens (tertiary/aromatic N) is 1. The monoisotopic (exact) mass is 198 g/mol. The minimum Gasteiger partial charge on any atom is -0.345 e. The van der Waals surface area contributed by atoms with Gasteiger partial charge >= 0.3 is 0 Å². The number of nitrogens with one attached hydrogen (secondary N) is 1. The van der Waals surface area contributed by atoms with Crippen LogP contribution in [-0.2, 0) is 4.79 Å². The fourth-order valence-electron chi connectivity index (χ4n) is 1.86. The highest BCUT2D eigenvalue weighted by molar-refractivity contribution is 5.78. The highest BCUT2D eigenvalue weighted by Gasteiger charge is 2.34. The van der Waals surface area contributed by atoms with Crippen molar-refractivity contribution in [3.8, 4) is 0 Å². The molecule has 0 radical (unpaired) electrons. The lowest BCUT2D eigenvalue weighted by Gasteiger charge is -2.21. The zero-order valence-electron chi connectivity index (χ0n) is 9.71. The largest absolute Gasteiger partial charge is 0.345 e. The first-order chi connectivity index (χ1) is 6.56. The molecule has 3 heteroatoms. The van der Waals surface area contributed by atoms with Crippen molar-refractivity contribution in [2.24, 2.45) is 17.8 Å². The average Bonchev–Trinajstić information content (AvgIpc) is 2.80. The summed E-state index contributed by atoms with van der Waals surface area (Å²) in [5.41, 5.74) is 0. The van der Waals surface area contributed by atoms with Gasteiger partial charge in [0.1, 0.15) is 0 Å². The van der Waals surface area contributed by atoms with Crippen LogP contribution in [0.25, 0.3) is 0 Å². The van der Waals surface area contributed by atoms with Gasteiger partial charge in [-0.05, 0) is 25.3 Å². The van der Waals surface area contributed by atoms with Crippen molar-refractivity contribution in [1.29, 1.82) is 0 Å². The van der Waals surface area contributed by atoms with Gasteiger partial charge in [0, 0.05) is 26.1 Å². The van der Waals surface area contributed by atoms with Crippen LogP contribution in [0.3, 0.4) is 0 Å². The standard InChI is InChI=1S/C11H22N2O/c1-8-5-10(8)7-13(4)11(14)9(2)6-12-3/h8-10,12H,5-7H2,1-4H3. The quantitative estimate of drug-likeness (QED) is 0.713. The lowest BCUT2D eigenvalue weighted by molar-refractivity contribution is -0.133. The van der Waals surface area contributed by atoms with Gasteiger partial charge in [0.15, 0.2) is 0 Å². The van der Waals surface area contributed by atoms with E-state index in [1.165, 1.54) is 6.42 Å². The van der Waals surface area contributed by atoms with E-state index in [1.54, 1.807) is 0 Å². The third kappa shape index (κ3) is 2.98. The molecule has 0 bridgehead atoms. The van der Waals surface area contributed by atoms with E-state index >= 15 is 0 Å². The second kappa shape index (κ2) is 4.78. The molecule has 82 valence electrons. The molecule has 1 fully saturated rings. The zero-order chi connectivity index (χ0) is 10.7. The maximum atomic E-state index is 11.8. The first-order valence-corrected chi connectivity index (χ1v) is 5.45. The number of carbonyl (C=O) groups is 1. The van der Waals surface area contributed by atoms with Crippen LogP contribution in [0.4, 0.5) is 0 Å². The molecule has 1 rings (SSSR count). The summed E-state index contributed by atoms with van der Waals surface area (Å²) in [5, 5.41) is 3.03. The zero-order valence-corrected chi connectivity index (χ0v) is 9.71. The molecular formula is C11H22N2O. The number of rotatable bonds is 5. The number of hydrogen-bond donors (Lipinski definition) is 1. The number of carbonyl (C=O) groups excluding carboxylic acids is 1. The van der Waals surface area contributed by atoms with Gasteiger partial charge in [-0.25, -0.2) is 0 Å². The van der Waals surface area contributed by atoms with E-state index in [-0.39, 0.29) is 11.8 Å². The SMILES string of the molecule is CNCC(C)C(=O)N(C)CC1CC1C. The van der Waals surface area contributed by atoms with E-state index < -0.39 is 0 Å². The number of amides is 1. The molecule has 3 unspecified atom stereocenters. The Morgan fingerprint density at radius 1 is 1.64 bits per heavy atom. The fourth-order valence-corrected chi connectivity index (χ4v) is 1.86. The minimum atomic E-state index is 0.0963. The second-order valence-electron chi connectivity index (χ2n) is 4.65. The van der Waals surface area contributed by atoms with Crippen LogP contribution in [0, 0.1) is 17.8 Å². The highest BCUT2D eigenvalue weighted by atomic mass is 16.2. The third-order valence-electron chi connectivity index (χ3n) is 3.09. The molecule has 0 aromatic heterocycles. The molecule has 14 heavy (non-hydrogen) atoms. The molecule has 3 nitrogen and oxygen atoms in total. The minimum absolute atomic E-state index is 0.0963. The summed E-state index contributed by atoms with van der Waals surface area (Å²) in [6, 6.07) is 0. The van der Waals surface area contributed by atoms with Crippen LogP contribution in [0.15, 0.2) is 0 Å². The lowest BCUT2D eigenvalue weighted by Crippen LogP contribution is -2.37. The van der Waals surface area contributed by atoms with E-state index in [9.17, 15) is 4.79 Å². The van der Waals surface area contributed by atoms with Crippen molar-refractivity contribution in [3.05, 3.63) is 0 Å². The topological polar surface area (TPSA) is 32.3 Å². The van der Waals surface area contributed by atoms with Gasteiger partial charge in [-0.15, -0.1) is 0 Å². The molecule has 0 aliphatic heterocycles. The van der Waals surface area contributed by atoms with E-state index in [2.05, 4.69) is 12.2 Å². The van der Waals surface area contributed by atoms with Gasteiger partial charge in [-0.3, -0.25) is 4.79 Å². The van der Waals surface area contributed by atoms with Crippen molar-refractivity contribution in [3.63, 3.8) is 0 Å². The predicted octanol–water partition coefficient (Wildman–Crippen LogP) is 0.956. The molecule has 0 spiro atoms. The first-order valence-electron chi connectivity index (χ1n) is 5.45. The van der Waals surface area contributed by atoms with Crippen molar-refractivity contribution >= 4 is 5.91 Å². The Hall–Kier alpha value is -0.570. The Bertz CT molecular complexity index is 205. The van der Waals surface area contributed by atoms with Gasteiger partial charge in [0.05, 0.1) is 0 Å². The molecule has 1 aliphatic carbocycles. The predicted molar refractivity (Wildman–Crippen MR) is 58.0 cm³/mol. The summed E-state index contributed by atoms with van der Waals surface area (Å²) < 4.78 is 0. The summed E-state index contributed by atoms with van der Waals surface area (Å²) in [6.07, 6.45) is 1.29. The maximum absolute atomic E-state index is 11.8. The maximum Gasteiger partial charge on any atom is 0.226 e. The summed E-state index contributed by atoms with van der Waals surface area (Å²) >= 11 is 0. The van der Waals surface area contributed by atoms with Crippen LogP contribution >= 0.6 is 0 Å². The van der Waals surface area contributed by atoms with E-state index in [1.807, 2.05) is 25.9 Å². The molecule has 3 atom stereocenters. The van der Waals surface area contributed by atoms with Gasteiger partial charge in [0.25, 0.3) is 0 Å². The summed E-state index contributed by atoms with van der Waals surface area (Å²) in [7, 11) is 3.80. The van der Waals surface area contributed by atoms with E-state index in [0.29, 0.717) is 0 Å². The molecule has 0 aromatic rings. The Morgan fingerprint density at radius 2 is 2.21 bits per heavy atom. The number of hydrogen-bond acceptors (Lipinski definition) is 2. The normalized spacial score (nSPS) is 27.1. The summed E-state index contributed by atoms with van der Waals surface area (Å²) in [4.78, 5) is 13.7. The molecule has 0 saturated heterocycles. The van der Waals surface area contributed by atoms with Crippen LogP contribution in [0.5, 0.6) is 0 Å². The molecule has 1 amide bonds. The summed E-state index contributed by atoms with van der Waals surface area (Å²) in [5.74, 6) is 1.94. The lowest BCUT2D eigenvalue weighted by atomic mass is 10.1. The highest BCUT2D eigenvalue weighted by Crippen LogP contribution is 2.38. The fraction of sp³-hybridized carbons (Fsp3) is 0.909. The van der Waals surface area contributed by atoms with Crippen molar-refractivity contribution in [2.75, 3.05) is 27.2 Å². The Balaban J connectivity index is 2.28. The van der Waals surface area contributed by atoms with Crippen LogP contribution in [-0.4, -0.2) is 38.0 Å². The molecule has 0 heterocycles. The Labute approximate surface area is 86.9 Å². The Kier molecular flexibility index (Phi) is 3.93. The summed E-state index contributed by atoms with van der Waals surface area (Å²) in [6.45, 7) is 5.93. The third-order valence-corrected chi connectivity index (χ3v) is 3.09. The van der Waals surface area contributed by atoms with E-state index in [0.717, 1.165) is 24.9 Å². The van der Waals surface area contributed by atoms with Crippen molar-refractivity contribution in [1.82, 2.24) is 10.2 Å². The molecular weight excluding hydrogens is 176 g/mol. The average molecular weight is 198 g/mol. The van der Waals surface area contributed by atoms with Gasteiger partial charge in [0.2, 0.25) is 5.91 Å². The van der Waals surface area contributed by atoms with Crippen LogP contribution in [0.2, 0.25) is 0 Å². The Morgan fingerprint density at radius 3 is 2.64 bits per heavy atom. The molecule has 0 aromatic carbocycles. The van der Waals surface area contributed by atoms with Crippen molar-refractivity contribution < 1.29 is 4.79 Å². The van der Waals surface area contributed by atoms with Crippen molar-refractivity contribution in [2.45, 2.75) is 20.3 Å². The molecule has 1 aliphatic rings. The smallest absolute Gasteiger partial charge is 0.226 e. The van der Waals surface area contributed by atoms with Crippen LogP contribution in [0.1, 0.15) is 20.3 Å². The first kappa shape index (κ1) is 11.5. The van der Waals surface area contributed by atoms with Gasteiger partial charge < -0.3 is 10.2 Å².